The molecule has 21 heavy (non-hydrogen) atoms. The Labute approximate surface area is 129 Å². The largest absolute Gasteiger partial charge is 0.497 e. The maximum absolute atomic E-state index is 6.32. The molecule has 4 nitrogen and oxygen atoms in total. The van der Waals surface area contributed by atoms with Crippen molar-refractivity contribution in [1.82, 2.24) is 0 Å². The minimum Gasteiger partial charge on any atom is -0.497 e. The van der Waals surface area contributed by atoms with E-state index in [0.717, 1.165) is 16.9 Å². The molecule has 2 N–H and O–H groups in total. The smallest absolute Gasteiger partial charge is 0.137 e. The summed E-state index contributed by atoms with van der Waals surface area (Å²) in [6.07, 6.45) is 0. The van der Waals surface area contributed by atoms with E-state index in [2.05, 4.69) is 0 Å². The van der Waals surface area contributed by atoms with Gasteiger partial charge in [-0.05, 0) is 29.8 Å². The lowest BCUT2D eigenvalue weighted by Gasteiger charge is -2.17. The fraction of sp³-hybridized carbons (Fsp3) is 0.250. The van der Waals surface area contributed by atoms with Gasteiger partial charge in [-0.15, -0.1) is 0 Å². The second kappa shape index (κ2) is 6.70. The van der Waals surface area contributed by atoms with Crippen molar-refractivity contribution in [2.45, 2.75) is 6.04 Å². The number of halogens is 1. The van der Waals surface area contributed by atoms with Crippen LogP contribution in [0.1, 0.15) is 17.2 Å². The highest BCUT2D eigenvalue weighted by molar-refractivity contribution is 6.32. The minimum absolute atomic E-state index is 0.353. The van der Waals surface area contributed by atoms with Gasteiger partial charge < -0.3 is 19.9 Å². The monoisotopic (exact) mass is 307 g/mol. The van der Waals surface area contributed by atoms with Crippen LogP contribution in [0.25, 0.3) is 0 Å². The van der Waals surface area contributed by atoms with Gasteiger partial charge in [0, 0.05) is 11.6 Å². The molecule has 2 aromatic rings. The van der Waals surface area contributed by atoms with E-state index in [1.165, 1.54) is 0 Å². The van der Waals surface area contributed by atoms with E-state index < -0.39 is 0 Å². The number of rotatable bonds is 5. The van der Waals surface area contributed by atoms with Crippen LogP contribution in [-0.2, 0) is 0 Å². The Morgan fingerprint density at radius 2 is 1.62 bits per heavy atom. The molecular formula is C16H18ClNO3. The van der Waals surface area contributed by atoms with Gasteiger partial charge in [-0.2, -0.15) is 0 Å². The number of methoxy groups -OCH3 is 3. The average molecular weight is 308 g/mol. The summed E-state index contributed by atoms with van der Waals surface area (Å²) in [6.45, 7) is 0. The molecule has 0 spiro atoms. The summed E-state index contributed by atoms with van der Waals surface area (Å²) >= 11 is 6.15. The molecule has 0 saturated carbocycles. The molecule has 0 aromatic heterocycles. The minimum atomic E-state index is -0.353. The van der Waals surface area contributed by atoms with Crippen LogP contribution in [0.4, 0.5) is 0 Å². The quantitative estimate of drug-likeness (QED) is 0.919. The zero-order valence-corrected chi connectivity index (χ0v) is 13.0. The molecule has 0 aliphatic rings. The number of nitrogens with two attached hydrogens (primary N) is 1. The van der Waals surface area contributed by atoms with Crippen molar-refractivity contribution >= 4 is 11.6 Å². The first kappa shape index (κ1) is 15.5. The zero-order chi connectivity index (χ0) is 15.4. The number of hydrogen-bond acceptors (Lipinski definition) is 4. The van der Waals surface area contributed by atoms with Gasteiger partial charge in [0.2, 0.25) is 0 Å². The van der Waals surface area contributed by atoms with Crippen molar-refractivity contribution in [2.75, 3.05) is 21.3 Å². The second-order valence-electron chi connectivity index (χ2n) is 4.48. The van der Waals surface area contributed by atoms with Gasteiger partial charge >= 0.3 is 0 Å². The summed E-state index contributed by atoms with van der Waals surface area (Å²) in [7, 11) is 4.79. The third-order valence-corrected chi connectivity index (χ3v) is 3.61. The SMILES string of the molecule is COc1ccc(C(N)c2ccc(OC)c(Cl)c2)c(OC)c1. The second-order valence-corrected chi connectivity index (χ2v) is 4.89. The summed E-state index contributed by atoms with van der Waals surface area (Å²) in [4.78, 5) is 0. The van der Waals surface area contributed by atoms with Gasteiger partial charge in [0.25, 0.3) is 0 Å². The lowest BCUT2D eigenvalue weighted by atomic mass is 9.98. The van der Waals surface area contributed by atoms with E-state index in [1.54, 1.807) is 39.5 Å². The van der Waals surface area contributed by atoms with Crippen LogP contribution in [0.2, 0.25) is 5.02 Å². The number of benzene rings is 2. The van der Waals surface area contributed by atoms with Crippen molar-refractivity contribution in [3.63, 3.8) is 0 Å². The lowest BCUT2D eigenvalue weighted by molar-refractivity contribution is 0.390. The first-order valence-corrected chi connectivity index (χ1v) is 6.79. The normalized spacial score (nSPS) is 11.9. The molecule has 0 aliphatic heterocycles. The fourth-order valence-electron chi connectivity index (χ4n) is 2.13. The molecule has 0 saturated heterocycles. The predicted octanol–water partition coefficient (Wildman–Crippen LogP) is 3.41. The third-order valence-electron chi connectivity index (χ3n) is 3.31. The molecule has 0 radical (unpaired) electrons. The molecule has 2 aromatic carbocycles. The van der Waals surface area contributed by atoms with Crippen molar-refractivity contribution in [2.24, 2.45) is 5.73 Å². The molecule has 5 heteroatoms. The average Bonchev–Trinajstić information content (AvgIpc) is 2.53. The summed E-state index contributed by atoms with van der Waals surface area (Å²) in [5, 5.41) is 0.526. The van der Waals surface area contributed by atoms with E-state index in [9.17, 15) is 0 Å². The number of hydrogen-bond donors (Lipinski definition) is 1. The van der Waals surface area contributed by atoms with Gasteiger partial charge in [-0.3, -0.25) is 0 Å². The van der Waals surface area contributed by atoms with Gasteiger partial charge in [0.05, 0.1) is 32.4 Å². The third kappa shape index (κ3) is 3.23. The van der Waals surface area contributed by atoms with Crippen LogP contribution >= 0.6 is 11.6 Å². The highest BCUT2D eigenvalue weighted by Gasteiger charge is 2.16. The first-order chi connectivity index (χ1) is 10.1. The molecule has 0 heterocycles. The van der Waals surface area contributed by atoms with Crippen LogP contribution < -0.4 is 19.9 Å². The Balaban J connectivity index is 2.39. The molecule has 0 amide bonds. The Kier molecular flexibility index (Phi) is 4.94. The highest BCUT2D eigenvalue weighted by Crippen LogP contribution is 2.34. The van der Waals surface area contributed by atoms with Crippen molar-refractivity contribution < 1.29 is 14.2 Å². The molecule has 112 valence electrons. The van der Waals surface area contributed by atoms with Crippen LogP contribution in [-0.4, -0.2) is 21.3 Å². The molecule has 0 fully saturated rings. The maximum atomic E-state index is 6.32. The van der Waals surface area contributed by atoms with E-state index >= 15 is 0 Å². The van der Waals surface area contributed by atoms with Crippen LogP contribution in [0.5, 0.6) is 17.2 Å². The predicted molar refractivity (Wildman–Crippen MR) is 83.6 cm³/mol. The Morgan fingerprint density at radius 3 is 2.19 bits per heavy atom. The van der Waals surface area contributed by atoms with Crippen molar-refractivity contribution in [3.05, 3.63) is 52.5 Å². The van der Waals surface area contributed by atoms with Crippen LogP contribution in [0, 0.1) is 0 Å². The molecule has 2 rings (SSSR count). The van der Waals surface area contributed by atoms with Crippen LogP contribution in [0.3, 0.4) is 0 Å². The maximum Gasteiger partial charge on any atom is 0.137 e. The standard InChI is InChI=1S/C16H18ClNO3/c1-19-11-5-6-12(15(9-11)21-3)16(18)10-4-7-14(20-2)13(17)8-10/h4-9,16H,18H2,1-3H3. The lowest BCUT2D eigenvalue weighted by Crippen LogP contribution is -2.13. The molecular weight excluding hydrogens is 290 g/mol. The van der Waals surface area contributed by atoms with Gasteiger partial charge in [-0.1, -0.05) is 17.7 Å². The van der Waals surface area contributed by atoms with Crippen molar-refractivity contribution in [1.29, 1.82) is 0 Å². The zero-order valence-electron chi connectivity index (χ0n) is 12.2. The molecule has 0 bridgehead atoms. The fourth-order valence-corrected chi connectivity index (χ4v) is 2.40. The first-order valence-electron chi connectivity index (χ1n) is 6.41. The Morgan fingerprint density at radius 1 is 0.905 bits per heavy atom. The van der Waals surface area contributed by atoms with E-state index in [0.29, 0.717) is 16.5 Å². The van der Waals surface area contributed by atoms with Crippen LogP contribution in [0.15, 0.2) is 36.4 Å². The highest BCUT2D eigenvalue weighted by atomic mass is 35.5. The van der Waals surface area contributed by atoms with E-state index in [4.69, 9.17) is 31.5 Å². The molecule has 1 atom stereocenters. The van der Waals surface area contributed by atoms with Gasteiger partial charge in [0.1, 0.15) is 17.2 Å². The summed E-state index contributed by atoms with van der Waals surface area (Å²) < 4.78 is 15.7. The Hall–Kier alpha value is -1.91. The van der Waals surface area contributed by atoms with E-state index in [1.807, 2.05) is 18.2 Å². The topological polar surface area (TPSA) is 53.7 Å². The summed E-state index contributed by atoms with van der Waals surface area (Å²) in [5.74, 6) is 2.01. The summed E-state index contributed by atoms with van der Waals surface area (Å²) in [5.41, 5.74) is 8.06. The summed E-state index contributed by atoms with van der Waals surface area (Å²) in [6, 6.07) is 10.7. The number of ether oxygens (including phenoxy) is 3. The van der Waals surface area contributed by atoms with Crippen molar-refractivity contribution in [3.8, 4) is 17.2 Å². The van der Waals surface area contributed by atoms with Gasteiger partial charge in [-0.25, -0.2) is 0 Å². The molecule has 1 unspecified atom stereocenters. The van der Waals surface area contributed by atoms with Gasteiger partial charge in [0.15, 0.2) is 0 Å². The molecule has 0 aliphatic carbocycles. The Bertz CT molecular complexity index is 631. The van der Waals surface area contributed by atoms with E-state index in [-0.39, 0.29) is 6.04 Å².